The predicted molar refractivity (Wildman–Crippen MR) is 104 cm³/mol. The van der Waals surface area contributed by atoms with Gasteiger partial charge in [0.1, 0.15) is 4.90 Å². The zero-order valence-electron chi connectivity index (χ0n) is 14.4. The Kier molecular flexibility index (Phi) is 5.05. The van der Waals surface area contributed by atoms with Crippen molar-refractivity contribution in [2.24, 2.45) is 0 Å². The molecule has 0 bridgehead atoms. The van der Waals surface area contributed by atoms with Gasteiger partial charge in [-0.25, -0.2) is 9.59 Å². The number of carboxylic acid groups (broad SMARTS) is 2. The first-order valence-electron chi connectivity index (χ1n) is 7.88. The van der Waals surface area contributed by atoms with E-state index >= 15 is 0 Å². The van der Waals surface area contributed by atoms with Crippen molar-refractivity contribution in [3.05, 3.63) is 65.2 Å². The van der Waals surface area contributed by atoms with Crippen LogP contribution in [0.25, 0.3) is 10.8 Å². The monoisotopic (exact) mass is 418 g/mol. The van der Waals surface area contributed by atoms with Crippen molar-refractivity contribution in [3.63, 3.8) is 0 Å². The predicted octanol–water partition coefficient (Wildman–Crippen LogP) is 3.60. The van der Waals surface area contributed by atoms with Crippen molar-refractivity contribution >= 4 is 45.5 Å². The van der Waals surface area contributed by atoms with Gasteiger partial charge in [-0.05, 0) is 42.8 Å². The molecular formula is C19H14O7S2. The third-order valence-electron chi connectivity index (χ3n) is 4.04. The van der Waals surface area contributed by atoms with Crippen molar-refractivity contribution in [2.75, 3.05) is 0 Å². The van der Waals surface area contributed by atoms with Crippen molar-refractivity contribution < 1.29 is 32.4 Å². The highest BCUT2D eigenvalue weighted by Crippen LogP contribution is 2.33. The number of thiol groups is 1. The van der Waals surface area contributed by atoms with E-state index in [1.165, 1.54) is 24.3 Å². The molecule has 0 aromatic heterocycles. The van der Waals surface area contributed by atoms with Crippen LogP contribution in [0.2, 0.25) is 0 Å². The highest BCUT2D eigenvalue weighted by Gasteiger charge is 2.25. The summed E-state index contributed by atoms with van der Waals surface area (Å²) in [6.07, 6.45) is 0. The van der Waals surface area contributed by atoms with Crippen LogP contribution < -0.4 is 4.18 Å². The molecule has 0 spiro atoms. The van der Waals surface area contributed by atoms with Gasteiger partial charge >= 0.3 is 22.1 Å². The Morgan fingerprint density at radius 2 is 1.61 bits per heavy atom. The maximum absolute atomic E-state index is 12.9. The average Bonchev–Trinajstić information content (AvgIpc) is 2.62. The quantitative estimate of drug-likeness (QED) is 0.428. The van der Waals surface area contributed by atoms with Gasteiger partial charge in [-0.15, -0.1) is 12.6 Å². The normalized spacial score (nSPS) is 11.4. The maximum atomic E-state index is 12.9. The van der Waals surface area contributed by atoms with E-state index in [0.717, 1.165) is 17.7 Å². The van der Waals surface area contributed by atoms with Crippen LogP contribution in [0.4, 0.5) is 0 Å². The number of aryl methyl sites for hydroxylation is 1. The molecule has 0 unspecified atom stereocenters. The first-order chi connectivity index (χ1) is 13.1. The lowest BCUT2D eigenvalue weighted by Crippen LogP contribution is -2.13. The summed E-state index contributed by atoms with van der Waals surface area (Å²) in [5.41, 5.74) is 0.214. The summed E-state index contributed by atoms with van der Waals surface area (Å²) in [5, 5.41) is 18.5. The molecule has 3 rings (SSSR count). The van der Waals surface area contributed by atoms with E-state index in [1.54, 1.807) is 12.1 Å². The van der Waals surface area contributed by atoms with Gasteiger partial charge in [-0.1, -0.05) is 18.2 Å². The minimum Gasteiger partial charge on any atom is -0.478 e. The van der Waals surface area contributed by atoms with E-state index in [2.05, 4.69) is 12.6 Å². The minimum absolute atomic E-state index is 0.00113. The number of carbonyl (C=O) groups is 2. The van der Waals surface area contributed by atoms with Crippen molar-refractivity contribution in [1.29, 1.82) is 0 Å². The number of rotatable bonds is 5. The second kappa shape index (κ2) is 7.17. The van der Waals surface area contributed by atoms with E-state index in [9.17, 15) is 28.2 Å². The van der Waals surface area contributed by atoms with Crippen LogP contribution in [-0.4, -0.2) is 30.6 Å². The average molecular weight is 418 g/mol. The first-order valence-corrected chi connectivity index (χ1v) is 9.74. The van der Waals surface area contributed by atoms with Gasteiger partial charge in [-0.2, -0.15) is 8.42 Å². The van der Waals surface area contributed by atoms with Gasteiger partial charge in [0.2, 0.25) is 0 Å². The van der Waals surface area contributed by atoms with Crippen LogP contribution in [0.15, 0.2) is 58.3 Å². The highest BCUT2D eigenvalue weighted by molar-refractivity contribution is 7.87. The fourth-order valence-electron chi connectivity index (χ4n) is 2.82. The van der Waals surface area contributed by atoms with E-state index in [4.69, 9.17) is 4.18 Å². The number of aromatic carboxylic acids is 2. The van der Waals surface area contributed by atoms with Crippen LogP contribution >= 0.6 is 12.6 Å². The third-order valence-corrected chi connectivity index (χ3v) is 5.69. The molecule has 2 N–H and O–H groups in total. The molecule has 28 heavy (non-hydrogen) atoms. The number of carboxylic acids is 2. The molecule has 0 aliphatic rings. The summed E-state index contributed by atoms with van der Waals surface area (Å²) < 4.78 is 30.9. The fourth-order valence-corrected chi connectivity index (χ4v) is 4.35. The summed E-state index contributed by atoms with van der Waals surface area (Å²) in [7, 11) is -4.39. The van der Waals surface area contributed by atoms with Gasteiger partial charge in [0.05, 0.1) is 11.1 Å². The molecule has 0 aliphatic heterocycles. The Balaban J connectivity index is 2.26. The van der Waals surface area contributed by atoms with Crippen molar-refractivity contribution in [1.82, 2.24) is 0 Å². The molecule has 0 atom stereocenters. The van der Waals surface area contributed by atoms with Gasteiger partial charge in [0.15, 0.2) is 5.75 Å². The molecule has 0 amide bonds. The number of hydrogen-bond acceptors (Lipinski definition) is 6. The van der Waals surface area contributed by atoms with E-state index in [-0.39, 0.29) is 32.5 Å². The smallest absolute Gasteiger partial charge is 0.339 e. The van der Waals surface area contributed by atoms with Gasteiger partial charge in [-0.3, -0.25) is 0 Å². The Morgan fingerprint density at radius 1 is 0.964 bits per heavy atom. The van der Waals surface area contributed by atoms with Gasteiger partial charge in [0.25, 0.3) is 0 Å². The largest absolute Gasteiger partial charge is 0.478 e. The number of hydrogen-bond donors (Lipinski definition) is 3. The highest BCUT2D eigenvalue weighted by atomic mass is 32.2. The Morgan fingerprint density at radius 3 is 2.21 bits per heavy atom. The summed E-state index contributed by atoms with van der Waals surface area (Å²) in [6.45, 7) is 1.81. The zero-order valence-corrected chi connectivity index (χ0v) is 16.1. The van der Waals surface area contributed by atoms with Crippen LogP contribution in [0, 0.1) is 6.92 Å². The molecule has 144 valence electrons. The fraction of sp³-hybridized carbons (Fsp3) is 0.0526. The molecule has 3 aromatic rings. The van der Waals surface area contributed by atoms with Gasteiger partial charge < -0.3 is 14.4 Å². The van der Waals surface area contributed by atoms with Crippen molar-refractivity contribution in [3.8, 4) is 5.75 Å². The molecule has 0 heterocycles. The molecule has 0 saturated carbocycles. The third kappa shape index (κ3) is 3.54. The zero-order chi connectivity index (χ0) is 20.6. The van der Waals surface area contributed by atoms with Crippen molar-refractivity contribution in [2.45, 2.75) is 16.7 Å². The van der Waals surface area contributed by atoms with Gasteiger partial charge in [0, 0.05) is 15.7 Å². The lowest BCUT2D eigenvalue weighted by Gasteiger charge is -2.13. The molecule has 7 nitrogen and oxygen atoms in total. The summed E-state index contributed by atoms with van der Waals surface area (Å²) in [5.74, 6) is -2.75. The lowest BCUT2D eigenvalue weighted by molar-refractivity contribution is 0.0695. The van der Waals surface area contributed by atoms with Crippen LogP contribution in [0.1, 0.15) is 26.3 Å². The van der Waals surface area contributed by atoms with E-state index < -0.39 is 22.1 Å². The standard InChI is InChI=1S/C19H14O7S2/c1-10-5-7-14(15(27)9-10)26-28(24,25)16-8-6-13(19(22)23)17-11(16)3-2-4-12(17)18(20)21/h2-9,27H,1H3,(H,20,21)(H,22,23). The summed E-state index contributed by atoms with van der Waals surface area (Å²) in [6, 6.07) is 10.7. The Labute approximate surface area is 165 Å². The van der Waals surface area contributed by atoms with E-state index in [1.807, 2.05) is 6.92 Å². The molecule has 0 aliphatic carbocycles. The second-order valence-corrected chi connectivity index (χ2v) is 7.95. The summed E-state index contributed by atoms with van der Waals surface area (Å²) in [4.78, 5) is 23.0. The molecular weight excluding hydrogens is 404 g/mol. The van der Waals surface area contributed by atoms with Crippen LogP contribution in [-0.2, 0) is 10.1 Å². The Bertz CT molecular complexity index is 1210. The van der Waals surface area contributed by atoms with Crippen LogP contribution in [0.5, 0.6) is 5.75 Å². The van der Waals surface area contributed by atoms with Crippen LogP contribution in [0.3, 0.4) is 0 Å². The summed E-state index contributed by atoms with van der Waals surface area (Å²) >= 11 is 4.21. The lowest BCUT2D eigenvalue weighted by atomic mass is 9.99. The number of fused-ring (bicyclic) bond motifs is 1. The SMILES string of the molecule is Cc1ccc(OS(=O)(=O)c2ccc(C(=O)O)c3c(C(=O)O)cccc23)c(S)c1. The molecule has 0 saturated heterocycles. The number of benzene rings is 3. The second-order valence-electron chi connectivity index (χ2n) is 5.96. The first kappa shape index (κ1) is 19.7. The Hall–Kier alpha value is -3.04. The molecule has 0 fully saturated rings. The topological polar surface area (TPSA) is 118 Å². The molecule has 0 radical (unpaired) electrons. The molecule has 3 aromatic carbocycles. The molecule has 9 heteroatoms. The maximum Gasteiger partial charge on any atom is 0.339 e. The minimum atomic E-state index is -4.39. The van der Waals surface area contributed by atoms with E-state index in [0.29, 0.717) is 4.90 Å².